The van der Waals surface area contributed by atoms with Crippen LogP contribution in [0.2, 0.25) is 0 Å². The molecule has 0 aliphatic heterocycles. The largest absolute Gasteiger partial charge is 0.499 e. The fourth-order valence-corrected chi connectivity index (χ4v) is 4.07. The predicted molar refractivity (Wildman–Crippen MR) is 142 cm³/mol. The molecule has 0 fully saturated rings. The number of amides is 2. The summed E-state index contributed by atoms with van der Waals surface area (Å²) in [6, 6.07) is 14.6. The Morgan fingerprint density at radius 3 is 2.58 bits per heavy atom. The Morgan fingerprint density at radius 2 is 1.86 bits per heavy atom. The van der Waals surface area contributed by atoms with Gasteiger partial charge in [0.25, 0.3) is 0 Å². The number of hydrogen-bond acceptors (Lipinski definition) is 5. The van der Waals surface area contributed by atoms with Gasteiger partial charge in [0.05, 0.1) is 18.5 Å². The molecule has 1 radical (unpaired) electrons. The lowest BCUT2D eigenvalue weighted by atomic mass is 9.81. The first kappa shape index (κ1) is 25.3. The van der Waals surface area contributed by atoms with Crippen LogP contribution in [-0.4, -0.2) is 29.8 Å². The molecule has 0 bridgehead atoms. The smallest absolute Gasteiger partial charge is 0.323 e. The Morgan fingerprint density at radius 1 is 1.08 bits per heavy atom. The SMILES string of the molecule is COC1=C(NC(=O)Nc2ccc(Oc3ccnc(CCO)c3)c3ccccc23)C=C(C(C)(C)C)C[CH]1. The quantitative estimate of drug-likeness (QED) is 0.374. The number of methoxy groups -OCH3 is 1. The highest BCUT2D eigenvalue weighted by atomic mass is 16.5. The molecule has 36 heavy (non-hydrogen) atoms. The number of nitrogens with one attached hydrogen (secondary N) is 2. The Bertz CT molecular complexity index is 1320. The van der Waals surface area contributed by atoms with Gasteiger partial charge in [-0.1, -0.05) is 50.6 Å². The van der Waals surface area contributed by atoms with Gasteiger partial charge in [0.15, 0.2) is 0 Å². The number of carbonyl (C=O) groups is 1. The second kappa shape index (κ2) is 10.8. The summed E-state index contributed by atoms with van der Waals surface area (Å²) in [5.74, 6) is 1.93. The molecule has 1 aromatic heterocycles. The minimum Gasteiger partial charge on any atom is -0.499 e. The number of hydrogen-bond donors (Lipinski definition) is 3. The number of rotatable bonds is 7. The summed E-state index contributed by atoms with van der Waals surface area (Å²) in [5, 5.41) is 16.8. The highest BCUT2D eigenvalue weighted by Gasteiger charge is 2.24. The fourth-order valence-electron chi connectivity index (χ4n) is 4.07. The zero-order chi connectivity index (χ0) is 25.7. The monoisotopic (exact) mass is 486 g/mol. The number of anilines is 1. The van der Waals surface area contributed by atoms with Crippen molar-refractivity contribution in [3.05, 3.63) is 89.9 Å². The van der Waals surface area contributed by atoms with E-state index < -0.39 is 0 Å². The van der Waals surface area contributed by atoms with E-state index in [9.17, 15) is 9.90 Å². The van der Waals surface area contributed by atoms with Crippen LogP contribution in [0, 0.1) is 11.8 Å². The second-order valence-corrected chi connectivity index (χ2v) is 9.60. The van der Waals surface area contributed by atoms with E-state index in [2.05, 4.69) is 36.4 Å². The first-order valence-electron chi connectivity index (χ1n) is 11.9. The number of fused-ring (bicyclic) bond motifs is 1. The highest BCUT2D eigenvalue weighted by molar-refractivity contribution is 6.04. The summed E-state index contributed by atoms with van der Waals surface area (Å²) >= 11 is 0. The summed E-state index contributed by atoms with van der Waals surface area (Å²) in [7, 11) is 1.60. The summed E-state index contributed by atoms with van der Waals surface area (Å²) < 4.78 is 11.6. The number of allylic oxidation sites excluding steroid dienone is 3. The molecule has 1 heterocycles. The van der Waals surface area contributed by atoms with Crippen molar-refractivity contribution in [1.82, 2.24) is 10.3 Å². The number of aliphatic hydroxyl groups is 1. The van der Waals surface area contributed by atoms with E-state index >= 15 is 0 Å². The van der Waals surface area contributed by atoms with E-state index in [1.807, 2.05) is 55.0 Å². The van der Waals surface area contributed by atoms with Gasteiger partial charge in [0.2, 0.25) is 0 Å². The van der Waals surface area contributed by atoms with E-state index in [-0.39, 0.29) is 18.1 Å². The third kappa shape index (κ3) is 5.86. The maximum absolute atomic E-state index is 13.0. The summed E-state index contributed by atoms with van der Waals surface area (Å²) in [5.41, 5.74) is 3.24. The number of aromatic nitrogens is 1. The molecule has 0 unspecified atom stereocenters. The van der Waals surface area contributed by atoms with Crippen LogP contribution in [0.1, 0.15) is 32.9 Å². The Balaban J connectivity index is 1.57. The van der Waals surface area contributed by atoms with Gasteiger partial charge in [-0.2, -0.15) is 0 Å². The van der Waals surface area contributed by atoms with Crippen molar-refractivity contribution in [2.75, 3.05) is 19.0 Å². The molecule has 187 valence electrons. The van der Waals surface area contributed by atoms with Crippen molar-refractivity contribution in [2.24, 2.45) is 5.41 Å². The van der Waals surface area contributed by atoms with E-state index in [1.54, 1.807) is 19.4 Å². The van der Waals surface area contributed by atoms with E-state index in [1.165, 1.54) is 5.57 Å². The lowest BCUT2D eigenvalue weighted by molar-refractivity contribution is 0.252. The number of urea groups is 1. The van der Waals surface area contributed by atoms with Gasteiger partial charge < -0.3 is 25.2 Å². The van der Waals surface area contributed by atoms with Crippen LogP contribution in [-0.2, 0) is 11.2 Å². The van der Waals surface area contributed by atoms with E-state index in [4.69, 9.17) is 9.47 Å². The molecule has 0 spiro atoms. The second-order valence-electron chi connectivity index (χ2n) is 9.60. The average Bonchev–Trinajstić information content (AvgIpc) is 2.85. The molecule has 3 aromatic rings. The van der Waals surface area contributed by atoms with Gasteiger partial charge in [-0.05, 0) is 36.1 Å². The molecular weight excluding hydrogens is 454 g/mol. The molecule has 7 nitrogen and oxygen atoms in total. The van der Waals surface area contributed by atoms with Crippen LogP contribution in [0.15, 0.2) is 77.8 Å². The normalized spacial score (nSPS) is 13.9. The Hall–Kier alpha value is -3.84. The van der Waals surface area contributed by atoms with Crippen molar-refractivity contribution < 1.29 is 19.4 Å². The van der Waals surface area contributed by atoms with Crippen LogP contribution >= 0.6 is 0 Å². The standard InChI is InChI=1S/C29H32N3O4/c1-29(2,3)19-9-11-27(35-4)25(17-19)32-28(34)31-24-10-12-26(23-8-6-5-7-22(23)24)36-21-13-15-30-20(18-21)14-16-33/h5-8,10-13,15,17-18,33H,9,14,16H2,1-4H3,(H2,31,32,34). The fraction of sp³-hybridized carbons (Fsp3) is 0.276. The number of nitrogens with zero attached hydrogens (tertiary/aromatic N) is 1. The summed E-state index contributed by atoms with van der Waals surface area (Å²) in [6.07, 6.45) is 6.88. The highest BCUT2D eigenvalue weighted by Crippen LogP contribution is 2.36. The maximum atomic E-state index is 13.0. The topological polar surface area (TPSA) is 92.7 Å². The summed E-state index contributed by atoms with van der Waals surface area (Å²) in [6.45, 7) is 6.47. The first-order chi connectivity index (χ1) is 17.3. The van der Waals surface area contributed by atoms with Gasteiger partial charge in [-0.3, -0.25) is 4.98 Å². The van der Waals surface area contributed by atoms with Gasteiger partial charge >= 0.3 is 6.03 Å². The number of pyridine rings is 1. The molecule has 1 aliphatic carbocycles. The average molecular weight is 487 g/mol. The number of carbonyl (C=O) groups excluding carboxylic acids is 1. The molecule has 2 amide bonds. The van der Waals surface area contributed by atoms with E-state index in [0.717, 1.165) is 22.9 Å². The van der Waals surface area contributed by atoms with Crippen molar-refractivity contribution in [3.8, 4) is 11.5 Å². The molecule has 0 saturated heterocycles. The zero-order valence-corrected chi connectivity index (χ0v) is 21.1. The summed E-state index contributed by atoms with van der Waals surface area (Å²) in [4.78, 5) is 17.2. The van der Waals surface area contributed by atoms with Gasteiger partial charge in [0.1, 0.15) is 17.3 Å². The molecule has 4 rings (SSSR count). The molecule has 1 aliphatic rings. The Labute approximate surface area is 211 Å². The molecule has 2 aromatic carbocycles. The van der Waals surface area contributed by atoms with Crippen LogP contribution < -0.4 is 15.4 Å². The third-order valence-electron chi connectivity index (χ3n) is 6.04. The minimum absolute atomic E-state index is 0.0150. The van der Waals surface area contributed by atoms with Crippen molar-refractivity contribution in [2.45, 2.75) is 33.6 Å². The molecule has 3 N–H and O–H groups in total. The van der Waals surface area contributed by atoms with Gasteiger partial charge in [-0.15, -0.1) is 0 Å². The van der Waals surface area contributed by atoms with Crippen LogP contribution in [0.25, 0.3) is 10.8 Å². The zero-order valence-electron chi connectivity index (χ0n) is 21.1. The first-order valence-corrected chi connectivity index (χ1v) is 11.9. The van der Waals surface area contributed by atoms with Gasteiger partial charge in [0, 0.05) is 48.2 Å². The van der Waals surface area contributed by atoms with Crippen LogP contribution in [0.5, 0.6) is 11.5 Å². The maximum Gasteiger partial charge on any atom is 0.323 e. The van der Waals surface area contributed by atoms with Gasteiger partial charge in [-0.25, -0.2) is 4.79 Å². The predicted octanol–water partition coefficient (Wildman–Crippen LogP) is 6.12. The third-order valence-corrected chi connectivity index (χ3v) is 6.04. The number of aliphatic hydroxyl groups excluding tert-OH is 1. The van der Waals surface area contributed by atoms with Crippen molar-refractivity contribution >= 4 is 22.5 Å². The lowest BCUT2D eigenvalue weighted by Gasteiger charge is -2.28. The molecule has 0 atom stereocenters. The number of benzene rings is 2. The number of ether oxygens (including phenoxy) is 2. The van der Waals surface area contributed by atoms with Crippen LogP contribution in [0.3, 0.4) is 0 Å². The molecule has 7 heteroatoms. The molecular formula is C29H32N3O4. The van der Waals surface area contributed by atoms with Crippen molar-refractivity contribution in [1.29, 1.82) is 0 Å². The minimum atomic E-state index is -0.360. The van der Waals surface area contributed by atoms with Crippen molar-refractivity contribution in [3.63, 3.8) is 0 Å². The Kier molecular flexibility index (Phi) is 7.60. The van der Waals surface area contributed by atoms with E-state index in [0.29, 0.717) is 35.1 Å². The molecule has 0 saturated carbocycles. The van der Waals surface area contributed by atoms with Crippen LogP contribution in [0.4, 0.5) is 10.5 Å². The lowest BCUT2D eigenvalue weighted by Crippen LogP contribution is -2.30.